The molecule has 0 aliphatic carbocycles. The van der Waals surface area contributed by atoms with Gasteiger partial charge in [-0.2, -0.15) is 0 Å². The molecule has 0 bridgehead atoms. The Morgan fingerprint density at radius 2 is 1.00 bits per heavy atom. The normalized spacial score (nSPS) is 24.5. The second-order valence-corrected chi connectivity index (χ2v) is 4.50. The molecule has 0 aromatic carbocycles. The quantitative estimate of drug-likeness (QED) is 0.412. The molecule has 1 saturated heterocycles. The molecule has 0 spiro atoms. The maximum Gasteiger partial charge on any atom is 0.0782 e. The zero-order chi connectivity index (χ0) is 8.16. The van der Waals surface area contributed by atoms with Crippen molar-refractivity contribution in [1.29, 1.82) is 0 Å². The summed E-state index contributed by atoms with van der Waals surface area (Å²) >= 11 is 0. The summed E-state index contributed by atoms with van der Waals surface area (Å²) in [6.45, 7) is 2.78. The lowest BCUT2D eigenvalue weighted by atomic mass is 10.1. The van der Waals surface area contributed by atoms with E-state index in [1.54, 1.807) is 0 Å². The largest absolute Gasteiger partial charge is 1.00 e. The van der Waals surface area contributed by atoms with E-state index in [0.29, 0.717) is 0 Å². The smallest absolute Gasteiger partial charge is 0.0782 e. The fraction of sp³-hybridized carbons (Fsp3) is 1.00. The lowest BCUT2D eigenvalue weighted by molar-refractivity contribution is -0.890. The van der Waals surface area contributed by atoms with E-state index >= 15 is 0 Å². The van der Waals surface area contributed by atoms with Crippen LogP contribution >= 0.6 is 0 Å². The van der Waals surface area contributed by atoms with Gasteiger partial charge in [-0.3, -0.25) is 0 Å². The maximum absolute atomic E-state index is 2.37. The van der Waals surface area contributed by atoms with Crippen molar-refractivity contribution in [3.8, 4) is 0 Å². The van der Waals surface area contributed by atoms with Crippen LogP contribution in [0, 0.1) is 0 Å². The van der Waals surface area contributed by atoms with Crippen LogP contribution in [0.15, 0.2) is 0 Å². The van der Waals surface area contributed by atoms with Gasteiger partial charge in [-0.15, -0.1) is 0 Å². The topological polar surface area (TPSA) is 0 Å². The minimum Gasteiger partial charge on any atom is -1.00 e. The van der Waals surface area contributed by atoms with Gasteiger partial charge in [0, 0.05) is 0 Å². The van der Waals surface area contributed by atoms with Crippen molar-refractivity contribution in [1.82, 2.24) is 0 Å². The SMILES string of the molecule is C[N+]1(C)CCCCCCCC1.[I-]. The summed E-state index contributed by atoms with van der Waals surface area (Å²) in [5.74, 6) is 0. The van der Waals surface area contributed by atoms with Gasteiger partial charge in [0.2, 0.25) is 0 Å². The molecule has 0 radical (unpaired) electrons. The molecule has 0 saturated carbocycles. The van der Waals surface area contributed by atoms with Crippen molar-refractivity contribution in [2.24, 2.45) is 0 Å². The van der Waals surface area contributed by atoms with Gasteiger partial charge in [0.05, 0.1) is 27.2 Å². The average molecular weight is 283 g/mol. The molecule has 2 heteroatoms. The number of rotatable bonds is 0. The van der Waals surface area contributed by atoms with E-state index in [2.05, 4.69) is 14.1 Å². The second kappa shape index (κ2) is 6.19. The van der Waals surface area contributed by atoms with Crippen LogP contribution in [0.1, 0.15) is 38.5 Å². The summed E-state index contributed by atoms with van der Waals surface area (Å²) < 4.78 is 1.25. The highest BCUT2D eigenvalue weighted by molar-refractivity contribution is 4.49. The highest BCUT2D eigenvalue weighted by Gasteiger charge is 2.14. The monoisotopic (exact) mass is 283 g/mol. The van der Waals surface area contributed by atoms with Crippen LogP contribution in [0.4, 0.5) is 0 Å². The van der Waals surface area contributed by atoms with Crippen LogP contribution in [0.3, 0.4) is 0 Å². The first kappa shape index (κ1) is 12.7. The van der Waals surface area contributed by atoms with E-state index in [-0.39, 0.29) is 24.0 Å². The molecule has 1 nitrogen and oxygen atoms in total. The van der Waals surface area contributed by atoms with Crippen LogP contribution in [-0.2, 0) is 0 Å². The predicted molar refractivity (Wildman–Crippen MR) is 49.5 cm³/mol. The summed E-state index contributed by atoms with van der Waals surface area (Å²) in [6.07, 6.45) is 8.74. The van der Waals surface area contributed by atoms with E-state index in [9.17, 15) is 0 Å². The van der Waals surface area contributed by atoms with Crippen LogP contribution in [0.5, 0.6) is 0 Å². The molecule has 12 heavy (non-hydrogen) atoms. The van der Waals surface area contributed by atoms with Gasteiger partial charge in [0.25, 0.3) is 0 Å². The molecule has 0 N–H and O–H groups in total. The van der Waals surface area contributed by atoms with E-state index in [4.69, 9.17) is 0 Å². The van der Waals surface area contributed by atoms with Gasteiger partial charge in [0.15, 0.2) is 0 Å². The van der Waals surface area contributed by atoms with Gasteiger partial charge >= 0.3 is 0 Å². The van der Waals surface area contributed by atoms with Crippen LogP contribution in [-0.4, -0.2) is 31.7 Å². The van der Waals surface area contributed by atoms with Gasteiger partial charge in [-0.05, 0) is 25.7 Å². The van der Waals surface area contributed by atoms with Gasteiger partial charge < -0.3 is 28.5 Å². The molecule has 0 unspecified atom stereocenters. The molecular weight excluding hydrogens is 261 g/mol. The third kappa shape index (κ3) is 5.36. The average Bonchev–Trinajstić information content (AvgIpc) is 2.00. The molecule has 1 rings (SSSR count). The number of hydrogen-bond donors (Lipinski definition) is 0. The van der Waals surface area contributed by atoms with Crippen LogP contribution in [0.25, 0.3) is 0 Å². The summed E-state index contributed by atoms with van der Waals surface area (Å²) in [7, 11) is 4.73. The van der Waals surface area contributed by atoms with Crippen molar-refractivity contribution in [2.75, 3.05) is 27.2 Å². The maximum atomic E-state index is 2.37. The van der Waals surface area contributed by atoms with E-state index in [0.717, 1.165) is 0 Å². The first-order valence-electron chi connectivity index (χ1n) is 5.03. The first-order valence-corrected chi connectivity index (χ1v) is 5.03. The van der Waals surface area contributed by atoms with Crippen molar-refractivity contribution >= 4 is 0 Å². The number of halogens is 1. The van der Waals surface area contributed by atoms with Crippen molar-refractivity contribution < 1.29 is 28.5 Å². The Bertz CT molecular complexity index is 100. The van der Waals surface area contributed by atoms with Gasteiger partial charge in [-0.1, -0.05) is 12.8 Å². The Hall–Kier alpha value is 0.690. The van der Waals surface area contributed by atoms with E-state index < -0.39 is 0 Å². The Labute approximate surface area is 94.1 Å². The highest BCUT2D eigenvalue weighted by atomic mass is 127. The summed E-state index contributed by atoms with van der Waals surface area (Å²) in [5.41, 5.74) is 0. The number of quaternary nitrogens is 1. The molecule has 0 aromatic heterocycles. The first-order chi connectivity index (χ1) is 5.21. The number of hydrogen-bond acceptors (Lipinski definition) is 0. The fourth-order valence-corrected chi connectivity index (χ4v) is 1.90. The molecule has 0 atom stereocenters. The van der Waals surface area contributed by atoms with Crippen LogP contribution in [0.2, 0.25) is 0 Å². The standard InChI is InChI=1S/C10H22N.HI/c1-11(2)9-7-5-3-4-6-8-10-11;/h3-10H2,1-2H3;1H/q+1;/p-1. The van der Waals surface area contributed by atoms with Gasteiger partial charge in [0.1, 0.15) is 0 Å². The van der Waals surface area contributed by atoms with Gasteiger partial charge in [-0.25, -0.2) is 0 Å². The Balaban J connectivity index is 0.00000121. The van der Waals surface area contributed by atoms with Crippen molar-refractivity contribution in [3.63, 3.8) is 0 Å². The van der Waals surface area contributed by atoms with Crippen LogP contribution < -0.4 is 24.0 Å². The second-order valence-electron chi connectivity index (χ2n) is 4.50. The zero-order valence-electron chi connectivity index (χ0n) is 8.48. The minimum atomic E-state index is 0. The third-order valence-corrected chi connectivity index (χ3v) is 2.78. The Kier molecular flexibility index (Phi) is 6.55. The minimum absolute atomic E-state index is 0. The molecule has 1 fully saturated rings. The Morgan fingerprint density at radius 3 is 1.42 bits per heavy atom. The Morgan fingerprint density at radius 1 is 0.667 bits per heavy atom. The molecule has 1 heterocycles. The molecule has 1 aliphatic heterocycles. The predicted octanol–water partition coefficient (Wildman–Crippen LogP) is -0.579. The highest BCUT2D eigenvalue weighted by Crippen LogP contribution is 2.13. The lowest BCUT2D eigenvalue weighted by Gasteiger charge is -2.29. The van der Waals surface area contributed by atoms with Crippen molar-refractivity contribution in [3.05, 3.63) is 0 Å². The third-order valence-electron chi connectivity index (χ3n) is 2.78. The molecule has 0 aromatic rings. The molecular formula is C10H22IN. The number of nitrogens with zero attached hydrogens (tertiary/aromatic N) is 1. The lowest BCUT2D eigenvalue weighted by Crippen LogP contribution is -3.00. The fourth-order valence-electron chi connectivity index (χ4n) is 1.90. The molecule has 1 aliphatic rings. The molecule has 0 amide bonds. The zero-order valence-corrected chi connectivity index (χ0v) is 10.6. The summed E-state index contributed by atoms with van der Waals surface area (Å²) in [4.78, 5) is 0. The summed E-state index contributed by atoms with van der Waals surface area (Å²) in [6, 6.07) is 0. The molecule has 74 valence electrons. The van der Waals surface area contributed by atoms with E-state index in [1.807, 2.05) is 0 Å². The van der Waals surface area contributed by atoms with Crippen molar-refractivity contribution in [2.45, 2.75) is 38.5 Å². The van der Waals surface area contributed by atoms with E-state index in [1.165, 1.54) is 56.1 Å². The summed E-state index contributed by atoms with van der Waals surface area (Å²) in [5, 5.41) is 0.